The Morgan fingerprint density at radius 1 is 0.600 bits per heavy atom. The molecule has 0 aliphatic carbocycles. The van der Waals surface area contributed by atoms with Gasteiger partial charge in [0.1, 0.15) is 0 Å². The molecule has 0 fully saturated rings. The fraction of sp³-hybridized carbons (Fsp3) is 0.889. The zero-order chi connectivity index (χ0) is 14.0. The molecule has 0 aromatic carbocycles. The molecule has 1 nitrogen and oxygen atoms in total. The Labute approximate surface area is 150 Å². The third-order valence-electron chi connectivity index (χ3n) is 3.69. The molecule has 0 unspecified atom stereocenters. The second-order valence-electron chi connectivity index (χ2n) is 5.69. The first-order valence-electron chi connectivity index (χ1n) is 8.71. The van der Waals surface area contributed by atoms with Gasteiger partial charge in [-0.05, 0) is 25.7 Å². The summed E-state index contributed by atoms with van der Waals surface area (Å²) in [4.78, 5) is 0. The van der Waals surface area contributed by atoms with E-state index >= 15 is 0 Å². The van der Waals surface area contributed by atoms with Crippen LogP contribution in [0.1, 0.15) is 96.8 Å². The molecule has 1 N–H and O–H groups in total. The van der Waals surface area contributed by atoms with Crippen molar-refractivity contribution in [3.63, 3.8) is 0 Å². The molecule has 0 atom stereocenters. The van der Waals surface area contributed by atoms with Crippen molar-refractivity contribution in [2.45, 2.75) is 96.8 Å². The molecule has 114 valence electrons. The van der Waals surface area contributed by atoms with Crippen LogP contribution < -0.4 is 29.6 Å². The van der Waals surface area contributed by atoms with Gasteiger partial charge in [0.25, 0.3) is 0 Å². The standard InChI is InChI=1S/C18H36N.Na/c1-2-3-4-5-6-7-8-9-10-11-12-13-14-15-16-17-18-19;/h9-10,19H,2-8,11-18H2,1H3;/q-1;+1/b10-9-;. The molecular weight excluding hydrogens is 253 g/mol. The SMILES string of the molecule is CCCCCCCC/C=C\CCCCCCCC[NH-].[Na+]. The van der Waals surface area contributed by atoms with Gasteiger partial charge in [-0.1, -0.05) is 83.3 Å². The average Bonchev–Trinajstić information content (AvgIpc) is 2.43. The summed E-state index contributed by atoms with van der Waals surface area (Å²) in [5, 5.41) is 0. The average molecular weight is 289 g/mol. The van der Waals surface area contributed by atoms with Crippen LogP contribution in [0.2, 0.25) is 0 Å². The number of allylic oxidation sites excluding steroid dienone is 2. The van der Waals surface area contributed by atoms with E-state index in [1.54, 1.807) is 0 Å². The number of rotatable bonds is 15. The van der Waals surface area contributed by atoms with Crippen molar-refractivity contribution in [1.29, 1.82) is 0 Å². The van der Waals surface area contributed by atoms with E-state index in [-0.39, 0.29) is 29.6 Å². The minimum Gasteiger partial charge on any atom is -0.677 e. The maximum atomic E-state index is 7.07. The van der Waals surface area contributed by atoms with Crippen LogP contribution in [0.5, 0.6) is 0 Å². The Balaban J connectivity index is 0. The third-order valence-corrected chi connectivity index (χ3v) is 3.69. The van der Waals surface area contributed by atoms with Crippen LogP contribution in [0.25, 0.3) is 5.73 Å². The normalized spacial score (nSPS) is 10.9. The van der Waals surface area contributed by atoms with E-state index in [1.807, 2.05) is 0 Å². The van der Waals surface area contributed by atoms with Gasteiger partial charge in [0.15, 0.2) is 0 Å². The van der Waals surface area contributed by atoms with Crippen molar-refractivity contribution in [2.75, 3.05) is 6.54 Å². The van der Waals surface area contributed by atoms with Gasteiger partial charge in [-0.3, -0.25) is 0 Å². The number of unbranched alkanes of at least 4 members (excludes halogenated alkanes) is 12. The summed E-state index contributed by atoms with van der Waals surface area (Å²) in [5.74, 6) is 0. The van der Waals surface area contributed by atoms with E-state index in [0.29, 0.717) is 6.54 Å². The van der Waals surface area contributed by atoms with Gasteiger partial charge in [0.05, 0.1) is 0 Å². The van der Waals surface area contributed by atoms with E-state index in [4.69, 9.17) is 5.73 Å². The Kier molecular flexibility index (Phi) is 25.3. The van der Waals surface area contributed by atoms with Gasteiger partial charge in [-0.2, -0.15) is 6.54 Å². The Morgan fingerprint density at radius 3 is 1.45 bits per heavy atom. The zero-order valence-corrected chi connectivity index (χ0v) is 16.3. The first kappa shape index (κ1) is 23.0. The Bertz CT molecular complexity index is 180. The predicted octanol–water partition coefficient (Wildman–Crippen LogP) is 4.08. The quantitative estimate of drug-likeness (QED) is 0.246. The number of nitrogens with one attached hydrogen (secondary N) is 1. The van der Waals surface area contributed by atoms with Crippen molar-refractivity contribution in [1.82, 2.24) is 0 Å². The maximum Gasteiger partial charge on any atom is 1.00 e. The third kappa shape index (κ3) is 21.0. The summed E-state index contributed by atoms with van der Waals surface area (Å²) in [7, 11) is 0. The molecule has 0 spiro atoms. The van der Waals surface area contributed by atoms with Crippen LogP contribution in [0.15, 0.2) is 12.2 Å². The Morgan fingerprint density at radius 2 is 1.00 bits per heavy atom. The maximum absolute atomic E-state index is 7.07. The van der Waals surface area contributed by atoms with Crippen molar-refractivity contribution < 1.29 is 29.6 Å². The minimum atomic E-state index is 0. The van der Waals surface area contributed by atoms with Gasteiger partial charge in [-0.25, -0.2) is 0 Å². The second-order valence-corrected chi connectivity index (χ2v) is 5.69. The molecule has 0 aromatic heterocycles. The van der Waals surface area contributed by atoms with Crippen LogP contribution in [0, 0.1) is 0 Å². The van der Waals surface area contributed by atoms with Crippen molar-refractivity contribution in [3.8, 4) is 0 Å². The summed E-state index contributed by atoms with van der Waals surface area (Å²) < 4.78 is 0. The topological polar surface area (TPSA) is 23.8 Å². The molecule has 0 aliphatic heterocycles. The summed E-state index contributed by atoms with van der Waals surface area (Å²) in [5.41, 5.74) is 7.07. The van der Waals surface area contributed by atoms with Crippen LogP contribution in [-0.4, -0.2) is 6.54 Å². The molecule has 0 rings (SSSR count). The van der Waals surface area contributed by atoms with Gasteiger partial charge >= 0.3 is 29.6 Å². The number of hydrogen-bond acceptors (Lipinski definition) is 0. The van der Waals surface area contributed by atoms with Gasteiger partial charge < -0.3 is 5.73 Å². The summed E-state index contributed by atoms with van der Waals surface area (Å²) in [6.45, 7) is 2.89. The predicted molar refractivity (Wildman–Crippen MR) is 88.6 cm³/mol. The molecule has 0 heterocycles. The van der Waals surface area contributed by atoms with E-state index in [0.717, 1.165) is 6.42 Å². The zero-order valence-electron chi connectivity index (χ0n) is 14.3. The molecule has 0 aliphatic rings. The van der Waals surface area contributed by atoms with E-state index in [1.165, 1.54) is 83.5 Å². The molecule has 0 aromatic rings. The van der Waals surface area contributed by atoms with Crippen molar-refractivity contribution in [3.05, 3.63) is 17.9 Å². The van der Waals surface area contributed by atoms with Crippen LogP contribution in [0.4, 0.5) is 0 Å². The second kappa shape index (κ2) is 22.0. The molecule has 20 heavy (non-hydrogen) atoms. The van der Waals surface area contributed by atoms with Crippen LogP contribution in [0.3, 0.4) is 0 Å². The van der Waals surface area contributed by atoms with Gasteiger partial charge in [0, 0.05) is 0 Å². The van der Waals surface area contributed by atoms with E-state index in [2.05, 4.69) is 19.1 Å². The molecule has 0 amide bonds. The molecule has 0 bridgehead atoms. The van der Waals surface area contributed by atoms with Gasteiger partial charge in [0.2, 0.25) is 0 Å². The van der Waals surface area contributed by atoms with Crippen molar-refractivity contribution >= 4 is 0 Å². The van der Waals surface area contributed by atoms with Gasteiger partial charge in [-0.15, -0.1) is 0 Å². The van der Waals surface area contributed by atoms with Crippen LogP contribution >= 0.6 is 0 Å². The first-order chi connectivity index (χ1) is 9.41. The molecule has 0 saturated heterocycles. The summed E-state index contributed by atoms with van der Waals surface area (Å²) >= 11 is 0. The molecule has 0 radical (unpaired) electrons. The monoisotopic (exact) mass is 289 g/mol. The molecular formula is C18H36NNa. The summed E-state index contributed by atoms with van der Waals surface area (Å²) in [6, 6.07) is 0. The van der Waals surface area contributed by atoms with E-state index < -0.39 is 0 Å². The summed E-state index contributed by atoms with van der Waals surface area (Å²) in [6.07, 6.45) is 23.5. The molecule has 2 heteroatoms. The number of hydrogen-bond donors (Lipinski definition) is 0. The molecule has 0 saturated carbocycles. The fourth-order valence-electron chi connectivity index (χ4n) is 2.37. The minimum absolute atomic E-state index is 0. The fourth-order valence-corrected chi connectivity index (χ4v) is 2.37. The van der Waals surface area contributed by atoms with E-state index in [9.17, 15) is 0 Å². The Hall–Kier alpha value is 0.700. The van der Waals surface area contributed by atoms with Crippen molar-refractivity contribution in [2.24, 2.45) is 0 Å². The smallest absolute Gasteiger partial charge is 0.677 e. The van der Waals surface area contributed by atoms with Crippen LogP contribution in [-0.2, 0) is 0 Å². The first-order valence-corrected chi connectivity index (χ1v) is 8.71. The largest absolute Gasteiger partial charge is 1.00 e.